The molecule has 0 aliphatic carbocycles. The van der Waals surface area contributed by atoms with Crippen molar-refractivity contribution >= 4 is 23.6 Å². The molecular weight excluding hydrogens is 292 g/mol. The summed E-state index contributed by atoms with van der Waals surface area (Å²) >= 11 is 5.99. The summed E-state index contributed by atoms with van der Waals surface area (Å²) in [5.74, 6) is -0.757. The van der Waals surface area contributed by atoms with Crippen LogP contribution in [0.2, 0.25) is 5.02 Å². The summed E-state index contributed by atoms with van der Waals surface area (Å²) in [6, 6.07) is 7.15. The van der Waals surface area contributed by atoms with Crippen molar-refractivity contribution in [2.75, 3.05) is 6.54 Å². The molecular formula is C15H21ClN2O3. The average Bonchev–Trinajstić information content (AvgIpc) is 2.45. The Hall–Kier alpha value is -1.75. The largest absolute Gasteiger partial charge is 0.481 e. The number of carboxylic acids is 1. The van der Waals surface area contributed by atoms with Crippen LogP contribution in [0, 0.1) is 0 Å². The minimum absolute atomic E-state index is 0.214. The van der Waals surface area contributed by atoms with Gasteiger partial charge in [0.05, 0.1) is 0 Å². The monoisotopic (exact) mass is 312 g/mol. The molecule has 6 heteroatoms. The van der Waals surface area contributed by atoms with E-state index >= 15 is 0 Å². The molecule has 0 atom stereocenters. The lowest BCUT2D eigenvalue weighted by atomic mass is 10.1. The van der Waals surface area contributed by atoms with Crippen LogP contribution in [0.15, 0.2) is 24.3 Å². The van der Waals surface area contributed by atoms with E-state index in [9.17, 15) is 9.59 Å². The topological polar surface area (TPSA) is 78.4 Å². The lowest BCUT2D eigenvalue weighted by molar-refractivity contribution is -0.137. The molecule has 0 aliphatic rings. The Kier molecular flexibility index (Phi) is 8.28. The number of halogens is 1. The number of amides is 2. The maximum atomic E-state index is 11.6. The average molecular weight is 313 g/mol. The number of benzene rings is 1. The number of unbranched alkanes of at least 4 members (excludes halogenated alkanes) is 3. The third kappa shape index (κ3) is 8.19. The van der Waals surface area contributed by atoms with E-state index in [2.05, 4.69) is 10.6 Å². The highest BCUT2D eigenvalue weighted by atomic mass is 35.5. The first-order valence-electron chi connectivity index (χ1n) is 7.06. The highest BCUT2D eigenvalue weighted by Crippen LogP contribution is 2.14. The molecule has 5 nitrogen and oxygen atoms in total. The summed E-state index contributed by atoms with van der Waals surface area (Å²) in [7, 11) is 0. The number of hydrogen-bond acceptors (Lipinski definition) is 2. The summed E-state index contributed by atoms with van der Waals surface area (Å²) in [5, 5.41) is 14.6. The van der Waals surface area contributed by atoms with Gasteiger partial charge in [-0.25, -0.2) is 4.79 Å². The normalized spacial score (nSPS) is 10.1. The van der Waals surface area contributed by atoms with Crippen LogP contribution in [-0.2, 0) is 11.3 Å². The van der Waals surface area contributed by atoms with Gasteiger partial charge in [0.2, 0.25) is 0 Å². The van der Waals surface area contributed by atoms with Crippen LogP contribution in [0.1, 0.15) is 37.7 Å². The highest BCUT2D eigenvalue weighted by molar-refractivity contribution is 6.31. The van der Waals surface area contributed by atoms with Crippen LogP contribution in [0.25, 0.3) is 0 Å². The summed E-state index contributed by atoms with van der Waals surface area (Å²) in [4.78, 5) is 21.9. The molecule has 116 valence electrons. The van der Waals surface area contributed by atoms with Crippen molar-refractivity contribution < 1.29 is 14.7 Å². The zero-order chi connectivity index (χ0) is 15.5. The third-order valence-corrected chi connectivity index (χ3v) is 3.37. The zero-order valence-corrected chi connectivity index (χ0v) is 12.7. The molecule has 0 bridgehead atoms. The fourth-order valence-electron chi connectivity index (χ4n) is 1.84. The van der Waals surface area contributed by atoms with Crippen molar-refractivity contribution in [1.82, 2.24) is 10.6 Å². The van der Waals surface area contributed by atoms with Crippen molar-refractivity contribution in [3.8, 4) is 0 Å². The first kappa shape index (κ1) is 17.3. The molecule has 0 spiro atoms. The minimum atomic E-state index is -0.757. The Morgan fingerprint density at radius 2 is 1.76 bits per heavy atom. The second-order valence-corrected chi connectivity index (χ2v) is 5.17. The lowest BCUT2D eigenvalue weighted by Crippen LogP contribution is -2.35. The quantitative estimate of drug-likeness (QED) is 0.613. The van der Waals surface area contributed by atoms with E-state index in [1.807, 2.05) is 18.2 Å². The van der Waals surface area contributed by atoms with Gasteiger partial charge in [0, 0.05) is 24.5 Å². The van der Waals surface area contributed by atoms with E-state index < -0.39 is 5.97 Å². The first-order chi connectivity index (χ1) is 10.1. The summed E-state index contributed by atoms with van der Waals surface area (Å²) in [6.45, 7) is 0.978. The first-order valence-corrected chi connectivity index (χ1v) is 7.44. The second kappa shape index (κ2) is 10.0. The van der Waals surface area contributed by atoms with Gasteiger partial charge in [-0.05, 0) is 24.5 Å². The number of hydrogen-bond donors (Lipinski definition) is 3. The Bertz CT molecular complexity index is 466. The van der Waals surface area contributed by atoms with Crippen LogP contribution in [0.5, 0.6) is 0 Å². The molecule has 2 amide bonds. The van der Waals surface area contributed by atoms with E-state index in [1.54, 1.807) is 6.07 Å². The number of urea groups is 1. The number of aliphatic carboxylic acids is 1. The molecule has 0 saturated heterocycles. The fourth-order valence-corrected chi connectivity index (χ4v) is 2.04. The second-order valence-electron chi connectivity index (χ2n) is 4.76. The summed E-state index contributed by atoms with van der Waals surface area (Å²) in [5.41, 5.74) is 0.878. The SMILES string of the molecule is O=C(O)CCCCCCNC(=O)NCc1ccccc1Cl. The van der Waals surface area contributed by atoms with Crippen molar-refractivity contribution in [2.24, 2.45) is 0 Å². The molecule has 0 unspecified atom stereocenters. The standard InChI is InChI=1S/C15H21ClN2O3/c16-13-8-5-4-7-12(13)11-18-15(21)17-10-6-2-1-3-9-14(19)20/h4-5,7-8H,1-3,6,9-11H2,(H,19,20)(H2,17,18,21). The number of carbonyl (C=O) groups excluding carboxylic acids is 1. The predicted molar refractivity (Wildman–Crippen MR) is 82.4 cm³/mol. The molecule has 1 aromatic carbocycles. The highest BCUT2D eigenvalue weighted by Gasteiger charge is 2.02. The molecule has 3 N–H and O–H groups in total. The number of nitrogens with one attached hydrogen (secondary N) is 2. The fraction of sp³-hybridized carbons (Fsp3) is 0.467. The van der Waals surface area contributed by atoms with Crippen molar-refractivity contribution in [1.29, 1.82) is 0 Å². The minimum Gasteiger partial charge on any atom is -0.481 e. The molecule has 1 rings (SSSR count). The Morgan fingerprint density at radius 1 is 1.05 bits per heavy atom. The van der Waals surface area contributed by atoms with Crippen LogP contribution < -0.4 is 10.6 Å². The van der Waals surface area contributed by atoms with Gasteiger partial charge in [0.15, 0.2) is 0 Å². The maximum Gasteiger partial charge on any atom is 0.315 e. The molecule has 0 saturated carbocycles. The Labute approximate surface area is 129 Å². The van der Waals surface area contributed by atoms with E-state index in [1.165, 1.54) is 0 Å². The number of carbonyl (C=O) groups is 2. The molecule has 1 aromatic rings. The molecule has 0 radical (unpaired) electrons. The Balaban J connectivity index is 2.04. The van der Waals surface area contributed by atoms with Gasteiger partial charge in [-0.1, -0.05) is 42.6 Å². The van der Waals surface area contributed by atoms with Gasteiger partial charge in [0.25, 0.3) is 0 Å². The van der Waals surface area contributed by atoms with E-state index in [4.69, 9.17) is 16.7 Å². The van der Waals surface area contributed by atoms with Crippen LogP contribution in [0.4, 0.5) is 4.79 Å². The Morgan fingerprint density at radius 3 is 2.48 bits per heavy atom. The molecule has 0 aliphatic heterocycles. The summed E-state index contributed by atoms with van der Waals surface area (Å²) < 4.78 is 0. The van der Waals surface area contributed by atoms with Crippen LogP contribution >= 0.6 is 11.6 Å². The maximum absolute atomic E-state index is 11.6. The van der Waals surface area contributed by atoms with Gasteiger partial charge in [-0.15, -0.1) is 0 Å². The molecule has 21 heavy (non-hydrogen) atoms. The number of rotatable bonds is 9. The van der Waals surface area contributed by atoms with E-state index in [-0.39, 0.29) is 12.5 Å². The van der Waals surface area contributed by atoms with Gasteiger partial charge in [-0.2, -0.15) is 0 Å². The zero-order valence-electron chi connectivity index (χ0n) is 11.9. The van der Waals surface area contributed by atoms with E-state index in [0.29, 0.717) is 24.5 Å². The smallest absolute Gasteiger partial charge is 0.315 e. The lowest BCUT2D eigenvalue weighted by Gasteiger charge is -2.08. The van der Waals surface area contributed by atoms with E-state index in [0.717, 1.165) is 24.8 Å². The van der Waals surface area contributed by atoms with Gasteiger partial charge in [0.1, 0.15) is 0 Å². The van der Waals surface area contributed by atoms with Crippen LogP contribution in [0.3, 0.4) is 0 Å². The van der Waals surface area contributed by atoms with Gasteiger partial charge >= 0.3 is 12.0 Å². The molecule has 0 heterocycles. The van der Waals surface area contributed by atoms with Gasteiger partial charge in [-0.3, -0.25) is 4.79 Å². The molecule has 0 aromatic heterocycles. The third-order valence-electron chi connectivity index (χ3n) is 3.00. The van der Waals surface area contributed by atoms with Gasteiger partial charge < -0.3 is 15.7 Å². The summed E-state index contributed by atoms with van der Waals surface area (Å²) in [6.07, 6.45) is 3.53. The van der Waals surface area contributed by atoms with Crippen molar-refractivity contribution in [3.05, 3.63) is 34.9 Å². The predicted octanol–water partition coefficient (Wildman–Crippen LogP) is 3.17. The molecule has 0 fully saturated rings. The van der Waals surface area contributed by atoms with Crippen molar-refractivity contribution in [3.63, 3.8) is 0 Å². The van der Waals surface area contributed by atoms with Crippen LogP contribution in [-0.4, -0.2) is 23.7 Å². The number of carboxylic acid groups (broad SMARTS) is 1. The van der Waals surface area contributed by atoms with Crippen molar-refractivity contribution in [2.45, 2.75) is 38.6 Å².